The van der Waals surface area contributed by atoms with Crippen molar-refractivity contribution in [3.8, 4) is 0 Å². The molecule has 1 fully saturated rings. The number of halogens is 1. The minimum atomic E-state index is 0.102. The highest BCUT2D eigenvalue weighted by Gasteiger charge is 2.28. The lowest BCUT2D eigenvalue weighted by molar-refractivity contribution is -0.00137. The summed E-state index contributed by atoms with van der Waals surface area (Å²) < 4.78 is 12.6. The van der Waals surface area contributed by atoms with Gasteiger partial charge in [-0.2, -0.15) is 0 Å². The fourth-order valence-electron chi connectivity index (χ4n) is 1.55. The molecule has 0 spiro atoms. The summed E-state index contributed by atoms with van der Waals surface area (Å²) in [6.45, 7) is 3.87. The zero-order valence-electron chi connectivity index (χ0n) is 6.60. The molecule has 2 unspecified atom stereocenters. The normalized spacial score (nSPS) is 33.6. The maximum atomic E-state index is 12.6. The van der Waals surface area contributed by atoms with Gasteiger partial charge in [0.25, 0.3) is 0 Å². The van der Waals surface area contributed by atoms with E-state index in [2.05, 4.69) is 12.2 Å². The summed E-state index contributed by atoms with van der Waals surface area (Å²) in [4.78, 5) is 0. The Morgan fingerprint density at radius 3 is 2.70 bits per heavy atom. The molecule has 1 heterocycles. The van der Waals surface area contributed by atoms with Gasteiger partial charge >= 0.3 is 0 Å². The highest BCUT2D eigenvalue weighted by molar-refractivity contribution is 4.83. The van der Waals surface area contributed by atoms with E-state index in [-0.39, 0.29) is 6.04 Å². The van der Waals surface area contributed by atoms with Gasteiger partial charge in [-0.05, 0) is 12.5 Å². The van der Waals surface area contributed by atoms with Crippen LogP contribution in [0.4, 0.5) is 4.48 Å². The van der Waals surface area contributed by atoms with Gasteiger partial charge in [0.05, 0.1) is 6.04 Å². The SMILES string of the molecule is CCC1CNCC1N(C)F. The van der Waals surface area contributed by atoms with Crippen molar-refractivity contribution >= 4 is 0 Å². The van der Waals surface area contributed by atoms with Gasteiger partial charge in [0, 0.05) is 13.6 Å². The van der Waals surface area contributed by atoms with Crippen LogP contribution < -0.4 is 5.32 Å². The van der Waals surface area contributed by atoms with E-state index >= 15 is 0 Å². The standard InChI is InChI=1S/C7H15FN2/c1-3-6-4-9-5-7(6)10(2)8/h6-7,9H,3-5H2,1-2H3. The summed E-state index contributed by atoms with van der Waals surface area (Å²) in [6.07, 6.45) is 1.06. The Morgan fingerprint density at radius 2 is 2.30 bits per heavy atom. The molecular weight excluding hydrogens is 131 g/mol. The third-order valence-corrected chi connectivity index (χ3v) is 2.29. The van der Waals surface area contributed by atoms with E-state index in [0.29, 0.717) is 5.92 Å². The zero-order valence-corrected chi connectivity index (χ0v) is 6.60. The fourth-order valence-corrected chi connectivity index (χ4v) is 1.55. The second-order valence-electron chi connectivity index (χ2n) is 2.92. The average Bonchev–Trinajstić information content (AvgIpc) is 2.33. The summed E-state index contributed by atoms with van der Waals surface area (Å²) in [6, 6.07) is 0.102. The van der Waals surface area contributed by atoms with Crippen molar-refractivity contribution in [3.05, 3.63) is 0 Å². The van der Waals surface area contributed by atoms with Crippen LogP contribution in [0.2, 0.25) is 0 Å². The monoisotopic (exact) mass is 146 g/mol. The van der Waals surface area contributed by atoms with Crippen LogP contribution in [0.3, 0.4) is 0 Å². The van der Waals surface area contributed by atoms with Crippen molar-refractivity contribution in [2.24, 2.45) is 5.92 Å². The molecule has 0 aliphatic carbocycles. The molecule has 0 aromatic heterocycles. The number of hydrogen-bond donors (Lipinski definition) is 1. The van der Waals surface area contributed by atoms with E-state index in [1.54, 1.807) is 0 Å². The third-order valence-electron chi connectivity index (χ3n) is 2.29. The topological polar surface area (TPSA) is 15.3 Å². The smallest absolute Gasteiger partial charge is 0.0563 e. The van der Waals surface area contributed by atoms with Crippen LogP contribution in [0, 0.1) is 5.92 Å². The highest BCUT2D eigenvalue weighted by atomic mass is 19.2. The molecule has 0 aromatic rings. The van der Waals surface area contributed by atoms with Crippen LogP contribution in [0.1, 0.15) is 13.3 Å². The lowest BCUT2D eigenvalue weighted by Gasteiger charge is -2.19. The van der Waals surface area contributed by atoms with E-state index in [1.165, 1.54) is 7.05 Å². The molecule has 0 radical (unpaired) electrons. The Kier molecular flexibility index (Phi) is 2.63. The Bertz CT molecular complexity index is 106. The number of nitrogens with one attached hydrogen (secondary N) is 1. The molecule has 1 aliphatic heterocycles. The Labute approximate surface area is 61.3 Å². The second-order valence-corrected chi connectivity index (χ2v) is 2.92. The molecule has 10 heavy (non-hydrogen) atoms. The summed E-state index contributed by atoms with van der Waals surface area (Å²) in [5, 5.41) is 4.00. The zero-order chi connectivity index (χ0) is 7.56. The van der Waals surface area contributed by atoms with Gasteiger partial charge in [-0.25, -0.2) is 0 Å². The Hall–Kier alpha value is -0.150. The molecule has 60 valence electrons. The molecular formula is C7H15FN2. The first-order chi connectivity index (χ1) is 4.75. The van der Waals surface area contributed by atoms with Crippen LogP contribution in [0.5, 0.6) is 0 Å². The van der Waals surface area contributed by atoms with Crippen molar-refractivity contribution in [2.75, 3.05) is 20.1 Å². The molecule has 2 atom stereocenters. The molecule has 1 aliphatic rings. The first-order valence-electron chi connectivity index (χ1n) is 3.85. The first kappa shape index (κ1) is 7.95. The van der Waals surface area contributed by atoms with E-state index in [0.717, 1.165) is 24.6 Å². The summed E-state index contributed by atoms with van der Waals surface area (Å²) >= 11 is 0. The maximum absolute atomic E-state index is 12.6. The van der Waals surface area contributed by atoms with Crippen LogP contribution >= 0.6 is 0 Å². The predicted octanol–water partition coefficient (Wildman–Crippen LogP) is 0.801. The van der Waals surface area contributed by atoms with Crippen molar-refractivity contribution in [2.45, 2.75) is 19.4 Å². The van der Waals surface area contributed by atoms with Crippen molar-refractivity contribution < 1.29 is 4.48 Å². The van der Waals surface area contributed by atoms with Crippen LogP contribution in [-0.2, 0) is 0 Å². The van der Waals surface area contributed by atoms with Gasteiger partial charge in [-0.15, -0.1) is 9.60 Å². The first-order valence-corrected chi connectivity index (χ1v) is 3.85. The highest BCUT2D eigenvalue weighted by Crippen LogP contribution is 2.17. The number of likely N-dealkylation sites (N-methyl/N-ethyl adjacent to an activating group) is 1. The molecule has 0 amide bonds. The van der Waals surface area contributed by atoms with Crippen molar-refractivity contribution in [1.82, 2.24) is 10.4 Å². The van der Waals surface area contributed by atoms with Crippen molar-refractivity contribution in [1.29, 1.82) is 0 Å². The van der Waals surface area contributed by atoms with Crippen LogP contribution in [0.15, 0.2) is 0 Å². The molecule has 1 N–H and O–H groups in total. The van der Waals surface area contributed by atoms with Gasteiger partial charge in [-0.3, -0.25) is 0 Å². The van der Waals surface area contributed by atoms with Gasteiger partial charge in [0.1, 0.15) is 0 Å². The summed E-state index contributed by atoms with van der Waals surface area (Å²) in [7, 11) is 1.50. The Balaban J connectivity index is 2.42. The van der Waals surface area contributed by atoms with Gasteiger partial charge in [-0.1, -0.05) is 13.3 Å². The van der Waals surface area contributed by atoms with Gasteiger partial charge in [0.2, 0.25) is 0 Å². The Morgan fingerprint density at radius 1 is 1.60 bits per heavy atom. The number of nitrogens with zero attached hydrogens (tertiary/aromatic N) is 1. The van der Waals surface area contributed by atoms with Crippen molar-refractivity contribution in [3.63, 3.8) is 0 Å². The minimum absolute atomic E-state index is 0.102. The molecule has 1 rings (SSSR count). The average molecular weight is 146 g/mol. The fraction of sp³-hybridized carbons (Fsp3) is 1.00. The molecule has 2 nitrogen and oxygen atoms in total. The molecule has 0 bridgehead atoms. The third kappa shape index (κ3) is 1.47. The summed E-state index contributed by atoms with van der Waals surface area (Å²) in [5.41, 5.74) is 0. The lowest BCUT2D eigenvalue weighted by Crippen LogP contribution is -2.31. The quantitative estimate of drug-likeness (QED) is 0.580. The molecule has 0 saturated carbocycles. The largest absolute Gasteiger partial charge is 0.315 e. The molecule has 1 saturated heterocycles. The van der Waals surface area contributed by atoms with E-state index < -0.39 is 0 Å². The molecule has 3 heteroatoms. The number of rotatable bonds is 2. The van der Waals surface area contributed by atoms with E-state index in [9.17, 15) is 4.48 Å². The number of hydrogen-bond acceptors (Lipinski definition) is 2. The minimum Gasteiger partial charge on any atom is -0.315 e. The van der Waals surface area contributed by atoms with Gasteiger partial charge in [0.15, 0.2) is 0 Å². The second kappa shape index (κ2) is 3.30. The lowest BCUT2D eigenvalue weighted by atomic mass is 10.0. The van der Waals surface area contributed by atoms with E-state index in [1.807, 2.05) is 0 Å². The maximum Gasteiger partial charge on any atom is 0.0563 e. The van der Waals surface area contributed by atoms with Crippen LogP contribution in [0.25, 0.3) is 0 Å². The van der Waals surface area contributed by atoms with Gasteiger partial charge < -0.3 is 5.32 Å². The summed E-state index contributed by atoms with van der Waals surface area (Å²) in [5.74, 6) is 0.495. The predicted molar refractivity (Wildman–Crippen MR) is 39.3 cm³/mol. The molecule has 0 aromatic carbocycles. The van der Waals surface area contributed by atoms with Crippen LogP contribution in [-0.4, -0.2) is 31.3 Å². The van der Waals surface area contributed by atoms with E-state index in [4.69, 9.17) is 0 Å².